The lowest BCUT2D eigenvalue weighted by atomic mass is 9.73. The van der Waals surface area contributed by atoms with Gasteiger partial charge in [-0.1, -0.05) is 56.0 Å². The molecule has 1 fully saturated rings. The van der Waals surface area contributed by atoms with Gasteiger partial charge in [-0.25, -0.2) is 0 Å². The van der Waals surface area contributed by atoms with Crippen molar-refractivity contribution in [3.05, 3.63) is 33.8 Å². The Bertz CT molecular complexity index is 439. The van der Waals surface area contributed by atoms with Gasteiger partial charge in [-0.15, -0.1) is 0 Å². The molecule has 0 radical (unpaired) electrons. The lowest BCUT2D eigenvalue weighted by Gasteiger charge is -2.38. The number of nitrogens with one attached hydrogen (secondary N) is 1. The number of rotatable bonds is 6. The lowest BCUT2D eigenvalue weighted by molar-refractivity contribution is 0.187. The van der Waals surface area contributed by atoms with E-state index in [-0.39, 0.29) is 0 Å². The SMILES string of the molecule is CCCNC(c1ccc(Cl)cc1Cl)C1(CC)CCCC1. The van der Waals surface area contributed by atoms with Crippen LogP contribution in [0.5, 0.6) is 0 Å². The van der Waals surface area contributed by atoms with Crippen LogP contribution in [0, 0.1) is 5.41 Å². The van der Waals surface area contributed by atoms with E-state index in [0.29, 0.717) is 16.5 Å². The van der Waals surface area contributed by atoms with Gasteiger partial charge in [0.15, 0.2) is 0 Å². The van der Waals surface area contributed by atoms with Crippen LogP contribution in [-0.2, 0) is 0 Å². The highest BCUT2D eigenvalue weighted by Crippen LogP contribution is 2.51. The predicted molar refractivity (Wildman–Crippen MR) is 88.7 cm³/mol. The summed E-state index contributed by atoms with van der Waals surface area (Å²) in [5, 5.41) is 5.26. The van der Waals surface area contributed by atoms with Crippen LogP contribution in [0.2, 0.25) is 10.0 Å². The summed E-state index contributed by atoms with van der Waals surface area (Å²) in [7, 11) is 0. The molecule has 0 aromatic heterocycles. The standard InChI is InChI=1S/C17H25Cl2N/c1-3-11-20-16(17(4-2)9-5-6-10-17)14-8-7-13(18)12-15(14)19/h7-8,12,16,20H,3-6,9-11H2,1-2H3. The number of hydrogen-bond donors (Lipinski definition) is 1. The summed E-state index contributed by atoms with van der Waals surface area (Å²) >= 11 is 12.5. The van der Waals surface area contributed by atoms with Gasteiger partial charge in [0.05, 0.1) is 0 Å². The van der Waals surface area contributed by atoms with Crippen LogP contribution in [0.15, 0.2) is 18.2 Å². The molecule has 0 spiro atoms. The van der Waals surface area contributed by atoms with Gasteiger partial charge in [0.2, 0.25) is 0 Å². The van der Waals surface area contributed by atoms with Crippen LogP contribution in [0.3, 0.4) is 0 Å². The first-order valence-electron chi connectivity index (χ1n) is 7.81. The van der Waals surface area contributed by atoms with Crippen LogP contribution >= 0.6 is 23.2 Å². The summed E-state index contributed by atoms with van der Waals surface area (Å²) in [4.78, 5) is 0. The Morgan fingerprint density at radius 1 is 1.20 bits per heavy atom. The van der Waals surface area contributed by atoms with E-state index in [4.69, 9.17) is 23.2 Å². The van der Waals surface area contributed by atoms with Crippen molar-refractivity contribution < 1.29 is 0 Å². The molecular formula is C17H25Cl2N. The minimum absolute atomic E-state index is 0.347. The smallest absolute Gasteiger partial charge is 0.0468 e. The predicted octanol–water partition coefficient (Wildman–Crippen LogP) is 6.00. The normalized spacial score (nSPS) is 19.2. The first kappa shape index (κ1) is 16.1. The average molecular weight is 314 g/mol. The van der Waals surface area contributed by atoms with Crippen LogP contribution in [-0.4, -0.2) is 6.54 Å². The zero-order valence-corrected chi connectivity index (χ0v) is 14.0. The monoisotopic (exact) mass is 313 g/mol. The highest BCUT2D eigenvalue weighted by atomic mass is 35.5. The summed E-state index contributed by atoms with van der Waals surface area (Å²) in [5.74, 6) is 0. The lowest BCUT2D eigenvalue weighted by Crippen LogP contribution is -2.36. The minimum atomic E-state index is 0.347. The molecule has 112 valence electrons. The van der Waals surface area contributed by atoms with Crippen molar-refractivity contribution in [1.82, 2.24) is 5.32 Å². The molecule has 1 aliphatic carbocycles. The minimum Gasteiger partial charge on any atom is -0.309 e. The van der Waals surface area contributed by atoms with Gasteiger partial charge in [0.25, 0.3) is 0 Å². The molecule has 0 amide bonds. The Hall–Kier alpha value is -0.240. The van der Waals surface area contributed by atoms with Gasteiger partial charge >= 0.3 is 0 Å². The van der Waals surface area contributed by atoms with Crippen molar-refractivity contribution in [2.24, 2.45) is 5.41 Å². The second-order valence-electron chi connectivity index (χ2n) is 5.98. The van der Waals surface area contributed by atoms with Crippen molar-refractivity contribution in [2.45, 2.75) is 58.4 Å². The van der Waals surface area contributed by atoms with Crippen molar-refractivity contribution in [2.75, 3.05) is 6.54 Å². The van der Waals surface area contributed by atoms with E-state index < -0.39 is 0 Å². The summed E-state index contributed by atoms with van der Waals surface area (Å²) < 4.78 is 0. The number of halogens is 2. The quantitative estimate of drug-likeness (QED) is 0.678. The van der Waals surface area contributed by atoms with E-state index in [2.05, 4.69) is 25.2 Å². The second-order valence-corrected chi connectivity index (χ2v) is 6.82. The molecule has 1 saturated carbocycles. The van der Waals surface area contributed by atoms with Gasteiger partial charge in [-0.2, -0.15) is 0 Å². The van der Waals surface area contributed by atoms with Gasteiger partial charge < -0.3 is 5.32 Å². The van der Waals surface area contributed by atoms with E-state index in [9.17, 15) is 0 Å². The third-order valence-corrected chi connectivity index (χ3v) is 5.35. The van der Waals surface area contributed by atoms with E-state index in [1.165, 1.54) is 37.7 Å². The number of benzene rings is 1. The molecule has 0 saturated heterocycles. The Balaban J connectivity index is 2.35. The molecule has 0 aliphatic heterocycles. The van der Waals surface area contributed by atoms with E-state index in [1.54, 1.807) is 0 Å². The van der Waals surface area contributed by atoms with Gasteiger partial charge in [-0.3, -0.25) is 0 Å². The molecule has 2 rings (SSSR count). The molecule has 1 unspecified atom stereocenters. The molecule has 3 heteroatoms. The van der Waals surface area contributed by atoms with Crippen LogP contribution in [0.4, 0.5) is 0 Å². The van der Waals surface area contributed by atoms with Gasteiger partial charge in [0, 0.05) is 16.1 Å². The zero-order chi connectivity index (χ0) is 14.6. The summed E-state index contributed by atoms with van der Waals surface area (Å²) in [5.41, 5.74) is 1.57. The van der Waals surface area contributed by atoms with Crippen molar-refractivity contribution in [1.29, 1.82) is 0 Å². The van der Waals surface area contributed by atoms with Crippen molar-refractivity contribution in [3.63, 3.8) is 0 Å². The molecule has 1 N–H and O–H groups in total. The fourth-order valence-corrected chi connectivity index (χ4v) is 4.12. The summed E-state index contributed by atoms with van der Waals surface area (Å²) in [6.45, 7) is 5.56. The van der Waals surface area contributed by atoms with Crippen LogP contribution < -0.4 is 5.32 Å². The Morgan fingerprint density at radius 3 is 2.45 bits per heavy atom. The maximum atomic E-state index is 6.48. The molecule has 1 aromatic rings. The molecule has 1 aromatic carbocycles. The average Bonchev–Trinajstić information content (AvgIpc) is 2.91. The topological polar surface area (TPSA) is 12.0 Å². The Morgan fingerprint density at radius 2 is 1.90 bits per heavy atom. The van der Waals surface area contributed by atoms with Crippen molar-refractivity contribution in [3.8, 4) is 0 Å². The third kappa shape index (κ3) is 3.32. The largest absolute Gasteiger partial charge is 0.309 e. The van der Waals surface area contributed by atoms with Gasteiger partial charge in [0.1, 0.15) is 0 Å². The zero-order valence-electron chi connectivity index (χ0n) is 12.5. The molecule has 20 heavy (non-hydrogen) atoms. The van der Waals surface area contributed by atoms with Crippen LogP contribution in [0.25, 0.3) is 0 Å². The third-order valence-electron chi connectivity index (χ3n) is 4.79. The maximum absolute atomic E-state index is 6.48. The molecule has 0 heterocycles. The second kappa shape index (κ2) is 7.15. The fraction of sp³-hybridized carbons (Fsp3) is 0.647. The molecule has 1 nitrogen and oxygen atoms in total. The van der Waals surface area contributed by atoms with Gasteiger partial charge in [-0.05, 0) is 55.3 Å². The molecule has 1 atom stereocenters. The maximum Gasteiger partial charge on any atom is 0.0468 e. The van der Waals surface area contributed by atoms with E-state index >= 15 is 0 Å². The highest BCUT2D eigenvalue weighted by molar-refractivity contribution is 6.35. The first-order valence-corrected chi connectivity index (χ1v) is 8.57. The number of hydrogen-bond acceptors (Lipinski definition) is 1. The van der Waals surface area contributed by atoms with Crippen molar-refractivity contribution >= 4 is 23.2 Å². The van der Waals surface area contributed by atoms with E-state index in [0.717, 1.165) is 18.0 Å². The highest BCUT2D eigenvalue weighted by Gasteiger charge is 2.40. The Labute approximate surface area is 133 Å². The summed E-state index contributed by atoms with van der Waals surface area (Å²) in [6.07, 6.45) is 7.61. The first-order chi connectivity index (χ1) is 9.63. The summed E-state index contributed by atoms with van der Waals surface area (Å²) in [6, 6.07) is 6.28. The molecule has 1 aliphatic rings. The van der Waals surface area contributed by atoms with Crippen LogP contribution in [0.1, 0.15) is 64.0 Å². The molecule has 0 bridgehead atoms. The fourth-order valence-electron chi connectivity index (χ4n) is 3.61. The Kier molecular flexibility index (Phi) is 5.77. The van der Waals surface area contributed by atoms with E-state index in [1.807, 2.05) is 12.1 Å². The molecular weight excluding hydrogens is 289 g/mol.